The third-order valence-corrected chi connectivity index (χ3v) is 4.76. The Balaban J connectivity index is 1.84. The van der Waals surface area contributed by atoms with Crippen molar-refractivity contribution in [2.75, 3.05) is 0 Å². The number of oxazole rings is 1. The van der Waals surface area contributed by atoms with Crippen LogP contribution in [0.15, 0.2) is 46.0 Å². The summed E-state index contributed by atoms with van der Waals surface area (Å²) >= 11 is 6.94. The number of nitriles is 1. The predicted molar refractivity (Wildman–Crippen MR) is 95.2 cm³/mol. The monoisotopic (exact) mass is 409 g/mol. The van der Waals surface area contributed by atoms with E-state index in [-0.39, 0.29) is 16.5 Å². The number of hydrogen-bond acceptors (Lipinski definition) is 5. The van der Waals surface area contributed by atoms with E-state index < -0.39 is 17.3 Å². The quantitative estimate of drug-likeness (QED) is 0.503. The number of aryl methyl sites for hydroxylation is 1. The molecule has 0 aliphatic carbocycles. The summed E-state index contributed by atoms with van der Waals surface area (Å²) in [5.74, 6) is 0.550. The van der Waals surface area contributed by atoms with Gasteiger partial charge in [-0.15, -0.1) is 0 Å². The van der Waals surface area contributed by atoms with Crippen molar-refractivity contribution < 1.29 is 17.6 Å². The highest BCUT2D eigenvalue weighted by Crippen LogP contribution is 2.36. The molecule has 0 atom stereocenters. The summed E-state index contributed by atoms with van der Waals surface area (Å²) in [7, 11) is 0. The maximum absolute atomic E-state index is 13.2. The number of nitrogens with zero attached hydrogens (tertiary/aromatic N) is 3. The first-order valence-corrected chi connectivity index (χ1v) is 8.96. The molecule has 0 aliphatic rings. The molecule has 0 saturated heterocycles. The average molecular weight is 410 g/mol. The molecule has 9 heteroatoms. The predicted octanol–water partition coefficient (Wildman–Crippen LogP) is 5.88. The molecule has 0 unspecified atom stereocenters. The number of halogens is 4. The molecule has 1 aromatic carbocycles. The van der Waals surface area contributed by atoms with Crippen LogP contribution in [0.25, 0.3) is 11.5 Å². The smallest absolute Gasteiger partial charge is 0.417 e. The van der Waals surface area contributed by atoms with Gasteiger partial charge >= 0.3 is 6.18 Å². The highest BCUT2D eigenvalue weighted by molar-refractivity contribution is 7.98. The molecule has 138 valence electrons. The van der Waals surface area contributed by atoms with E-state index in [9.17, 15) is 18.4 Å². The van der Waals surface area contributed by atoms with Crippen molar-refractivity contribution in [3.05, 3.63) is 64.1 Å². The Hall–Kier alpha value is -2.50. The molecule has 2 heterocycles. The van der Waals surface area contributed by atoms with Crippen LogP contribution < -0.4 is 0 Å². The molecular weight excluding hydrogens is 399 g/mol. The molecule has 0 aliphatic heterocycles. The minimum absolute atomic E-state index is 0.0112. The topological polar surface area (TPSA) is 62.7 Å². The van der Waals surface area contributed by atoms with Crippen LogP contribution in [0.4, 0.5) is 13.2 Å². The van der Waals surface area contributed by atoms with E-state index >= 15 is 0 Å². The van der Waals surface area contributed by atoms with Crippen molar-refractivity contribution >= 4 is 23.4 Å². The summed E-state index contributed by atoms with van der Waals surface area (Å²) < 4.78 is 44.9. The van der Waals surface area contributed by atoms with Gasteiger partial charge in [-0.25, -0.2) is 9.97 Å². The molecule has 0 amide bonds. The van der Waals surface area contributed by atoms with E-state index in [0.29, 0.717) is 22.2 Å². The molecule has 0 bridgehead atoms. The number of hydrogen-bond donors (Lipinski definition) is 0. The van der Waals surface area contributed by atoms with Crippen LogP contribution in [0.5, 0.6) is 0 Å². The van der Waals surface area contributed by atoms with Crippen LogP contribution >= 0.6 is 23.4 Å². The van der Waals surface area contributed by atoms with Crippen molar-refractivity contribution in [1.29, 1.82) is 5.26 Å². The second kappa shape index (κ2) is 7.62. The molecule has 4 nitrogen and oxygen atoms in total. The van der Waals surface area contributed by atoms with Gasteiger partial charge in [-0.1, -0.05) is 29.4 Å². The summed E-state index contributed by atoms with van der Waals surface area (Å²) in [6.07, 6.45) is -3.21. The zero-order valence-corrected chi connectivity index (χ0v) is 15.4. The number of rotatable bonds is 4. The van der Waals surface area contributed by atoms with Gasteiger partial charge in [-0.3, -0.25) is 0 Å². The van der Waals surface area contributed by atoms with E-state index in [1.165, 1.54) is 13.2 Å². The van der Waals surface area contributed by atoms with Gasteiger partial charge < -0.3 is 4.42 Å². The Morgan fingerprint density at radius 1 is 1.26 bits per heavy atom. The van der Waals surface area contributed by atoms with Gasteiger partial charge in [0.05, 0.1) is 16.8 Å². The second-order valence-corrected chi connectivity index (χ2v) is 6.94. The molecule has 0 N–H and O–H groups in total. The van der Waals surface area contributed by atoms with Crippen molar-refractivity contribution in [3.8, 4) is 17.5 Å². The van der Waals surface area contributed by atoms with Gasteiger partial charge in [0.1, 0.15) is 17.4 Å². The van der Waals surface area contributed by atoms with Gasteiger partial charge in [-0.05, 0) is 31.2 Å². The second-order valence-electron chi connectivity index (χ2n) is 5.54. The fraction of sp³-hybridized carbons (Fsp3) is 0.167. The highest BCUT2D eigenvalue weighted by atomic mass is 35.5. The molecular formula is C18H11ClF3N3OS. The molecule has 27 heavy (non-hydrogen) atoms. The Labute approximate surface area is 162 Å². The fourth-order valence-electron chi connectivity index (χ4n) is 2.35. The molecule has 0 fully saturated rings. The zero-order valence-electron chi connectivity index (χ0n) is 13.8. The lowest BCUT2D eigenvalue weighted by molar-refractivity contribution is -0.138. The normalized spacial score (nSPS) is 11.4. The lowest BCUT2D eigenvalue weighted by atomic mass is 10.1. The fourth-order valence-corrected chi connectivity index (χ4v) is 3.47. The van der Waals surface area contributed by atoms with E-state index in [2.05, 4.69) is 9.97 Å². The lowest BCUT2D eigenvalue weighted by Gasteiger charge is -2.12. The summed E-state index contributed by atoms with van der Waals surface area (Å²) in [6.45, 7) is 1.45. The average Bonchev–Trinajstić information content (AvgIpc) is 3.07. The SMILES string of the molecule is Cc1cc(C(F)(F)F)c(C#N)c(SCc2coc(-c3cccc(Cl)c3)n2)n1. The molecule has 3 aromatic rings. The number of benzene rings is 1. The molecule has 0 spiro atoms. The molecule has 3 rings (SSSR count). The van der Waals surface area contributed by atoms with Gasteiger partial charge in [0, 0.05) is 22.0 Å². The summed E-state index contributed by atoms with van der Waals surface area (Å²) in [5.41, 5.74) is -0.0970. The number of pyridine rings is 1. The van der Waals surface area contributed by atoms with Crippen molar-refractivity contribution in [1.82, 2.24) is 9.97 Å². The van der Waals surface area contributed by atoms with E-state index in [0.717, 1.165) is 17.8 Å². The summed E-state index contributed by atoms with van der Waals surface area (Å²) in [6, 6.07) is 9.42. The first kappa shape index (κ1) is 19.3. The maximum atomic E-state index is 13.2. The van der Waals surface area contributed by atoms with Crippen LogP contribution in [-0.2, 0) is 11.9 Å². The Bertz CT molecular complexity index is 1030. The largest absolute Gasteiger partial charge is 0.444 e. The van der Waals surface area contributed by atoms with Crippen LogP contribution in [0.2, 0.25) is 5.02 Å². The van der Waals surface area contributed by atoms with Crippen molar-refractivity contribution in [3.63, 3.8) is 0 Å². The van der Waals surface area contributed by atoms with Gasteiger partial charge in [0.15, 0.2) is 0 Å². The minimum atomic E-state index is -4.62. The van der Waals surface area contributed by atoms with E-state index in [4.69, 9.17) is 16.0 Å². The van der Waals surface area contributed by atoms with Gasteiger partial charge in [0.25, 0.3) is 0 Å². The Kier molecular flexibility index (Phi) is 5.44. The Morgan fingerprint density at radius 3 is 2.70 bits per heavy atom. The number of aromatic nitrogens is 2. The summed E-state index contributed by atoms with van der Waals surface area (Å²) in [4.78, 5) is 8.38. The van der Waals surface area contributed by atoms with E-state index in [1.54, 1.807) is 30.3 Å². The van der Waals surface area contributed by atoms with Gasteiger partial charge in [0.2, 0.25) is 5.89 Å². The highest BCUT2D eigenvalue weighted by Gasteiger charge is 2.35. The standard InChI is InChI=1S/C18H11ClF3N3OS/c1-10-5-15(18(20,21)22)14(7-23)17(24-10)27-9-13-8-26-16(25-13)11-3-2-4-12(19)6-11/h2-6,8H,9H2,1H3. The third kappa shape index (κ3) is 4.43. The van der Waals surface area contributed by atoms with Crippen LogP contribution in [0.3, 0.4) is 0 Å². The number of thioether (sulfide) groups is 1. The molecule has 0 saturated carbocycles. The zero-order chi connectivity index (χ0) is 19.6. The first-order chi connectivity index (χ1) is 12.8. The number of alkyl halides is 3. The van der Waals surface area contributed by atoms with Gasteiger partial charge in [-0.2, -0.15) is 18.4 Å². The van der Waals surface area contributed by atoms with Crippen LogP contribution in [-0.4, -0.2) is 9.97 Å². The maximum Gasteiger partial charge on any atom is 0.417 e. The molecule has 0 radical (unpaired) electrons. The lowest BCUT2D eigenvalue weighted by Crippen LogP contribution is -2.10. The first-order valence-electron chi connectivity index (χ1n) is 7.60. The minimum Gasteiger partial charge on any atom is -0.444 e. The van der Waals surface area contributed by atoms with Crippen LogP contribution in [0.1, 0.15) is 22.5 Å². The van der Waals surface area contributed by atoms with Crippen molar-refractivity contribution in [2.24, 2.45) is 0 Å². The Morgan fingerprint density at radius 2 is 2.04 bits per heavy atom. The summed E-state index contributed by atoms with van der Waals surface area (Å²) in [5, 5.41) is 9.72. The van der Waals surface area contributed by atoms with E-state index in [1.807, 2.05) is 0 Å². The van der Waals surface area contributed by atoms with Crippen molar-refractivity contribution in [2.45, 2.75) is 23.9 Å². The van der Waals surface area contributed by atoms with Crippen LogP contribution in [0, 0.1) is 18.3 Å². The third-order valence-electron chi connectivity index (χ3n) is 3.51. The molecule has 2 aromatic heterocycles.